The fourth-order valence-electron chi connectivity index (χ4n) is 1.77. The highest BCUT2D eigenvalue weighted by atomic mass is 35.5. The van der Waals surface area contributed by atoms with Crippen molar-refractivity contribution in [1.29, 1.82) is 0 Å². The van der Waals surface area contributed by atoms with Crippen molar-refractivity contribution >= 4 is 11.6 Å². The van der Waals surface area contributed by atoms with Crippen LogP contribution in [0.2, 0.25) is 5.02 Å². The molecular formula is C10H14ClN3O. The SMILES string of the molecule is NC1CCCCC1Oc1ncc(Cl)cn1. The van der Waals surface area contributed by atoms with E-state index in [1.165, 1.54) is 18.8 Å². The minimum atomic E-state index is 0.0416. The van der Waals surface area contributed by atoms with Gasteiger partial charge in [0.1, 0.15) is 6.10 Å². The first-order valence-electron chi connectivity index (χ1n) is 5.15. The predicted octanol–water partition coefficient (Wildman–Crippen LogP) is 1.78. The minimum Gasteiger partial charge on any atom is -0.458 e. The molecule has 1 heterocycles. The molecule has 4 nitrogen and oxygen atoms in total. The van der Waals surface area contributed by atoms with Gasteiger partial charge in [-0.3, -0.25) is 0 Å². The highest BCUT2D eigenvalue weighted by Crippen LogP contribution is 2.20. The summed E-state index contributed by atoms with van der Waals surface area (Å²) in [6.07, 6.45) is 7.43. The Morgan fingerprint density at radius 2 is 1.93 bits per heavy atom. The fraction of sp³-hybridized carbons (Fsp3) is 0.600. The van der Waals surface area contributed by atoms with Crippen LogP contribution >= 0.6 is 11.6 Å². The molecule has 15 heavy (non-hydrogen) atoms. The lowest BCUT2D eigenvalue weighted by Gasteiger charge is -2.27. The first-order valence-corrected chi connectivity index (χ1v) is 5.53. The molecule has 0 amide bonds. The molecule has 2 atom stereocenters. The van der Waals surface area contributed by atoms with E-state index in [1.54, 1.807) is 0 Å². The molecule has 2 unspecified atom stereocenters. The van der Waals surface area contributed by atoms with E-state index < -0.39 is 0 Å². The molecule has 0 aliphatic heterocycles. The third-order valence-corrected chi connectivity index (χ3v) is 2.80. The quantitative estimate of drug-likeness (QED) is 0.837. The van der Waals surface area contributed by atoms with Gasteiger partial charge in [-0.25, -0.2) is 9.97 Å². The van der Waals surface area contributed by atoms with Gasteiger partial charge < -0.3 is 10.5 Å². The number of rotatable bonds is 2. The van der Waals surface area contributed by atoms with E-state index in [4.69, 9.17) is 22.1 Å². The summed E-state index contributed by atoms with van der Waals surface area (Å²) in [6, 6.07) is 0.458. The van der Waals surface area contributed by atoms with Crippen LogP contribution in [0.4, 0.5) is 0 Å². The molecule has 2 rings (SSSR count). The van der Waals surface area contributed by atoms with Crippen LogP contribution in [0, 0.1) is 0 Å². The standard InChI is InChI=1S/C10H14ClN3O/c11-7-5-13-10(14-6-7)15-9-4-2-1-3-8(9)12/h5-6,8-9H,1-4,12H2. The van der Waals surface area contributed by atoms with Crippen molar-refractivity contribution in [2.24, 2.45) is 5.73 Å². The second-order valence-corrected chi connectivity index (χ2v) is 4.22. The number of aromatic nitrogens is 2. The highest BCUT2D eigenvalue weighted by Gasteiger charge is 2.24. The molecule has 5 heteroatoms. The van der Waals surface area contributed by atoms with Gasteiger partial charge in [0.05, 0.1) is 17.4 Å². The third kappa shape index (κ3) is 2.79. The summed E-state index contributed by atoms with van der Waals surface area (Å²) in [5.41, 5.74) is 5.95. The summed E-state index contributed by atoms with van der Waals surface area (Å²) in [6.45, 7) is 0. The largest absolute Gasteiger partial charge is 0.458 e. The Morgan fingerprint density at radius 3 is 2.60 bits per heavy atom. The monoisotopic (exact) mass is 227 g/mol. The molecular weight excluding hydrogens is 214 g/mol. The molecule has 1 aliphatic carbocycles. The number of hydrogen-bond donors (Lipinski definition) is 1. The summed E-state index contributed by atoms with van der Waals surface area (Å²) >= 11 is 5.68. The number of nitrogens with two attached hydrogens (primary N) is 1. The van der Waals surface area contributed by atoms with Crippen LogP contribution in [0.3, 0.4) is 0 Å². The van der Waals surface area contributed by atoms with Gasteiger partial charge in [-0.15, -0.1) is 0 Å². The maximum Gasteiger partial charge on any atom is 0.316 e. The summed E-state index contributed by atoms with van der Waals surface area (Å²) in [4.78, 5) is 7.97. The van der Waals surface area contributed by atoms with Crippen LogP contribution in [0.5, 0.6) is 6.01 Å². The number of nitrogens with zero attached hydrogens (tertiary/aromatic N) is 2. The van der Waals surface area contributed by atoms with E-state index in [0.29, 0.717) is 11.0 Å². The van der Waals surface area contributed by atoms with Crippen molar-refractivity contribution in [2.75, 3.05) is 0 Å². The third-order valence-electron chi connectivity index (χ3n) is 2.61. The Morgan fingerprint density at radius 1 is 1.27 bits per heavy atom. The lowest BCUT2D eigenvalue weighted by molar-refractivity contribution is 0.120. The molecule has 1 aromatic rings. The first kappa shape index (κ1) is 10.6. The summed E-state index contributed by atoms with van der Waals surface area (Å²) in [7, 11) is 0. The van der Waals surface area contributed by atoms with Crippen molar-refractivity contribution in [1.82, 2.24) is 9.97 Å². The van der Waals surface area contributed by atoms with Crippen molar-refractivity contribution in [3.63, 3.8) is 0 Å². The Kier molecular flexibility index (Phi) is 3.38. The van der Waals surface area contributed by atoms with Crippen molar-refractivity contribution in [3.8, 4) is 6.01 Å². The maximum absolute atomic E-state index is 5.95. The zero-order valence-corrected chi connectivity index (χ0v) is 9.15. The zero-order chi connectivity index (χ0) is 10.7. The summed E-state index contributed by atoms with van der Waals surface area (Å²) < 4.78 is 5.62. The van der Waals surface area contributed by atoms with E-state index in [1.807, 2.05) is 0 Å². The Balaban J connectivity index is 1.98. The zero-order valence-electron chi connectivity index (χ0n) is 8.40. The summed E-state index contributed by atoms with van der Waals surface area (Å²) in [5.74, 6) is 0. The molecule has 0 radical (unpaired) electrons. The number of hydrogen-bond acceptors (Lipinski definition) is 4. The van der Waals surface area contributed by atoms with Gasteiger partial charge >= 0.3 is 6.01 Å². The molecule has 0 spiro atoms. The Hall–Kier alpha value is -0.870. The molecule has 1 aromatic heterocycles. The maximum atomic E-state index is 5.95. The second kappa shape index (κ2) is 4.77. The smallest absolute Gasteiger partial charge is 0.316 e. The topological polar surface area (TPSA) is 61.0 Å². The van der Waals surface area contributed by atoms with Crippen LogP contribution in [-0.4, -0.2) is 22.1 Å². The summed E-state index contributed by atoms with van der Waals surface area (Å²) in [5, 5.41) is 0.510. The van der Waals surface area contributed by atoms with Crippen molar-refractivity contribution < 1.29 is 4.74 Å². The molecule has 0 aromatic carbocycles. The minimum absolute atomic E-state index is 0.0416. The van der Waals surface area contributed by atoms with Gasteiger partial charge in [0.15, 0.2) is 0 Å². The average molecular weight is 228 g/mol. The van der Waals surface area contributed by atoms with Crippen LogP contribution in [0.15, 0.2) is 12.4 Å². The van der Waals surface area contributed by atoms with Gasteiger partial charge in [0, 0.05) is 6.04 Å². The fourth-order valence-corrected chi connectivity index (χ4v) is 1.87. The van der Waals surface area contributed by atoms with Crippen molar-refractivity contribution in [2.45, 2.75) is 37.8 Å². The predicted molar refractivity (Wildman–Crippen MR) is 57.9 cm³/mol. The number of halogens is 1. The highest BCUT2D eigenvalue weighted by molar-refractivity contribution is 6.30. The van der Waals surface area contributed by atoms with E-state index >= 15 is 0 Å². The van der Waals surface area contributed by atoms with E-state index in [0.717, 1.165) is 19.3 Å². The van der Waals surface area contributed by atoms with E-state index in [9.17, 15) is 0 Å². The van der Waals surface area contributed by atoms with Gasteiger partial charge in [-0.05, 0) is 19.3 Å². The first-order chi connectivity index (χ1) is 7.25. The average Bonchev–Trinajstić information content (AvgIpc) is 2.25. The lowest BCUT2D eigenvalue weighted by Crippen LogP contribution is -2.41. The molecule has 0 bridgehead atoms. The molecule has 82 valence electrons. The normalized spacial score (nSPS) is 26.3. The second-order valence-electron chi connectivity index (χ2n) is 3.79. The lowest BCUT2D eigenvalue weighted by atomic mass is 9.93. The van der Waals surface area contributed by atoms with Crippen LogP contribution in [0.1, 0.15) is 25.7 Å². The van der Waals surface area contributed by atoms with Gasteiger partial charge in [-0.2, -0.15) is 0 Å². The Bertz CT molecular complexity index is 317. The van der Waals surface area contributed by atoms with Crippen LogP contribution < -0.4 is 10.5 Å². The van der Waals surface area contributed by atoms with E-state index in [-0.39, 0.29) is 12.1 Å². The van der Waals surface area contributed by atoms with E-state index in [2.05, 4.69) is 9.97 Å². The van der Waals surface area contributed by atoms with Crippen LogP contribution in [-0.2, 0) is 0 Å². The number of ether oxygens (including phenoxy) is 1. The molecule has 1 saturated carbocycles. The van der Waals surface area contributed by atoms with Crippen molar-refractivity contribution in [3.05, 3.63) is 17.4 Å². The Labute approximate surface area is 93.8 Å². The molecule has 1 aliphatic rings. The molecule has 2 N–H and O–H groups in total. The van der Waals surface area contributed by atoms with Gasteiger partial charge in [0.25, 0.3) is 0 Å². The molecule has 1 fully saturated rings. The van der Waals surface area contributed by atoms with Gasteiger partial charge in [-0.1, -0.05) is 18.0 Å². The van der Waals surface area contributed by atoms with Crippen LogP contribution in [0.25, 0.3) is 0 Å². The van der Waals surface area contributed by atoms with Gasteiger partial charge in [0.2, 0.25) is 0 Å². The molecule has 0 saturated heterocycles.